The fourth-order valence-corrected chi connectivity index (χ4v) is 2.97. The van der Waals surface area contributed by atoms with Gasteiger partial charge in [0.15, 0.2) is 0 Å². The Hall–Kier alpha value is -0.180. The molecular formula is C9H21NO5S2. The number of sulfonamides is 1. The Morgan fingerprint density at radius 3 is 1.88 bits per heavy atom. The summed E-state index contributed by atoms with van der Waals surface area (Å²) in [7, 11) is -5.34. The molecule has 6 nitrogen and oxygen atoms in total. The van der Waals surface area contributed by atoms with Crippen LogP contribution in [0.15, 0.2) is 0 Å². The number of likely N-dealkylation sites (N-methyl/N-ethyl adjacent to an activating group) is 1. The predicted octanol–water partition coefficient (Wildman–Crippen LogP) is -0.284. The molecule has 0 aliphatic carbocycles. The molecule has 104 valence electrons. The van der Waals surface area contributed by atoms with Crippen LogP contribution in [-0.4, -0.2) is 65.2 Å². The zero-order valence-corrected chi connectivity index (χ0v) is 12.5. The summed E-state index contributed by atoms with van der Waals surface area (Å²) in [5, 5.41) is 0. The third kappa shape index (κ3) is 7.69. The van der Waals surface area contributed by atoms with E-state index in [1.54, 1.807) is 13.8 Å². The van der Waals surface area contributed by atoms with Gasteiger partial charge in [0.1, 0.15) is 9.84 Å². The van der Waals surface area contributed by atoms with E-state index in [9.17, 15) is 16.8 Å². The summed E-state index contributed by atoms with van der Waals surface area (Å²) in [6.07, 6.45) is 2.04. The molecular weight excluding hydrogens is 266 g/mol. The molecule has 0 radical (unpaired) electrons. The van der Waals surface area contributed by atoms with Gasteiger partial charge >= 0.3 is 0 Å². The number of rotatable bonds is 7. The van der Waals surface area contributed by atoms with Crippen molar-refractivity contribution >= 4 is 19.9 Å². The molecule has 0 bridgehead atoms. The van der Waals surface area contributed by atoms with Crippen LogP contribution in [0.5, 0.6) is 0 Å². The van der Waals surface area contributed by atoms with E-state index in [1.165, 1.54) is 7.05 Å². The molecule has 0 aromatic heterocycles. The van der Waals surface area contributed by atoms with Gasteiger partial charge in [-0.3, -0.25) is 0 Å². The van der Waals surface area contributed by atoms with E-state index in [-0.39, 0.29) is 18.5 Å². The number of sulfone groups is 1. The van der Waals surface area contributed by atoms with E-state index in [1.807, 2.05) is 0 Å². The zero-order chi connectivity index (χ0) is 13.9. The second-order valence-corrected chi connectivity index (χ2v) is 8.63. The molecule has 0 N–H and O–H groups in total. The van der Waals surface area contributed by atoms with Crippen LogP contribution >= 0.6 is 0 Å². The average molecular weight is 287 g/mol. The Morgan fingerprint density at radius 2 is 1.59 bits per heavy atom. The van der Waals surface area contributed by atoms with Gasteiger partial charge in [-0.1, -0.05) is 0 Å². The molecule has 0 saturated carbocycles. The number of hydrogen-bond donors (Lipinski definition) is 0. The van der Waals surface area contributed by atoms with Gasteiger partial charge in [0, 0.05) is 13.3 Å². The molecule has 0 aliphatic heterocycles. The summed E-state index contributed by atoms with van der Waals surface area (Å²) < 4.78 is 51.6. The van der Waals surface area contributed by atoms with Gasteiger partial charge in [0.05, 0.1) is 30.8 Å². The van der Waals surface area contributed by atoms with Crippen LogP contribution in [0.1, 0.15) is 13.8 Å². The SMILES string of the molecule is CC(C)OCC(CS(C)(=O)=O)N(C)S(C)(=O)=O. The number of hydrogen-bond acceptors (Lipinski definition) is 5. The first kappa shape index (κ1) is 16.8. The summed E-state index contributed by atoms with van der Waals surface area (Å²) in [4.78, 5) is 0. The van der Waals surface area contributed by atoms with E-state index in [0.717, 1.165) is 16.8 Å². The van der Waals surface area contributed by atoms with Crippen LogP contribution in [-0.2, 0) is 24.6 Å². The second kappa shape index (κ2) is 6.12. The minimum atomic E-state index is -3.43. The molecule has 8 heteroatoms. The fourth-order valence-electron chi connectivity index (χ4n) is 1.18. The monoisotopic (exact) mass is 287 g/mol. The summed E-state index contributed by atoms with van der Waals surface area (Å²) in [6.45, 7) is 3.67. The Bertz CT molecular complexity index is 426. The molecule has 0 aromatic rings. The minimum absolute atomic E-state index is 0.0638. The van der Waals surface area contributed by atoms with Crippen LogP contribution < -0.4 is 0 Å². The van der Waals surface area contributed by atoms with Crippen LogP contribution in [0.2, 0.25) is 0 Å². The smallest absolute Gasteiger partial charge is 0.211 e. The highest BCUT2D eigenvalue weighted by Gasteiger charge is 2.26. The molecule has 0 aromatic carbocycles. The molecule has 1 atom stereocenters. The molecule has 0 aliphatic rings. The Balaban J connectivity index is 4.86. The summed E-state index contributed by atoms with van der Waals surface area (Å²) in [5.74, 6) is -0.247. The van der Waals surface area contributed by atoms with Crippen molar-refractivity contribution in [2.45, 2.75) is 26.0 Å². The maximum atomic E-state index is 11.4. The quantitative estimate of drug-likeness (QED) is 0.643. The lowest BCUT2D eigenvalue weighted by atomic mass is 10.3. The highest BCUT2D eigenvalue weighted by atomic mass is 32.2. The molecule has 0 heterocycles. The molecule has 0 spiro atoms. The average Bonchev–Trinajstić information content (AvgIpc) is 2.07. The largest absolute Gasteiger partial charge is 0.377 e. The van der Waals surface area contributed by atoms with E-state index in [2.05, 4.69) is 0 Å². The Morgan fingerprint density at radius 1 is 1.12 bits per heavy atom. The summed E-state index contributed by atoms with van der Waals surface area (Å²) in [6, 6.07) is -0.692. The topological polar surface area (TPSA) is 80.8 Å². The number of nitrogens with zero attached hydrogens (tertiary/aromatic N) is 1. The first-order valence-corrected chi connectivity index (χ1v) is 9.06. The van der Waals surface area contributed by atoms with Gasteiger partial charge in [-0.15, -0.1) is 0 Å². The maximum Gasteiger partial charge on any atom is 0.211 e. The van der Waals surface area contributed by atoms with Crippen LogP contribution in [0.3, 0.4) is 0 Å². The first-order valence-electron chi connectivity index (χ1n) is 5.16. The third-order valence-corrected chi connectivity index (χ3v) is 4.49. The first-order chi connectivity index (χ1) is 7.43. The van der Waals surface area contributed by atoms with Gasteiger partial charge in [0.25, 0.3) is 0 Å². The van der Waals surface area contributed by atoms with Gasteiger partial charge in [-0.2, -0.15) is 4.31 Å². The van der Waals surface area contributed by atoms with Gasteiger partial charge in [-0.05, 0) is 13.8 Å². The van der Waals surface area contributed by atoms with Crippen molar-refractivity contribution in [2.75, 3.05) is 31.9 Å². The van der Waals surface area contributed by atoms with Crippen molar-refractivity contribution in [2.24, 2.45) is 0 Å². The van der Waals surface area contributed by atoms with Gasteiger partial charge < -0.3 is 4.74 Å². The van der Waals surface area contributed by atoms with E-state index >= 15 is 0 Å². The van der Waals surface area contributed by atoms with Crippen LogP contribution in [0, 0.1) is 0 Å². The van der Waals surface area contributed by atoms with Crippen LogP contribution in [0.4, 0.5) is 0 Å². The minimum Gasteiger partial charge on any atom is -0.377 e. The van der Waals surface area contributed by atoms with Crippen molar-refractivity contribution in [3.63, 3.8) is 0 Å². The lowest BCUT2D eigenvalue weighted by Crippen LogP contribution is -2.44. The van der Waals surface area contributed by atoms with E-state index in [0.29, 0.717) is 0 Å². The fraction of sp³-hybridized carbons (Fsp3) is 1.00. The summed E-state index contributed by atoms with van der Waals surface area (Å²) >= 11 is 0. The normalized spacial score (nSPS) is 15.5. The highest BCUT2D eigenvalue weighted by molar-refractivity contribution is 7.91. The maximum absolute atomic E-state index is 11.4. The highest BCUT2D eigenvalue weighted by Crippen LogP contribution is 2.07. The van der Waals surface area contributed by atoms with Crippen LogP contribution in [0.25, 0.3) is 0 Å². The third-order valence-electron chi connectivity index (χ3n) is 2.15. The van der Waals surface area contributed by atoms with Gasteiger partial charge in [0.2, 0.25) is 10.0 Å². The second-order valence-electron chi connectivity index (χ2n) is 4.41. The number of ether oxygens (including phenoxy) is 1. The summed E-state index contributed by atoms with van der Waals surface area (Å²) in [5.41, 5.74) is 0. The van der Waals surface area contributed by atoms with E-state index < -0.39 is 25.9 Å². The lowest BCUT2D eigenvalue weighted by Gasteiger charge is -2.26. The molecule has 0 rings (SSSR count). The zero-order valence-electron chi connectivity index (χ0n) is 10.9. The molecule has 0 saturated heterocycles. The van der Waals surface area contributed by atoms with Crippen molar-refractivity contribution in [1.29, 1.82) is 0 Å². The lowest BCUT2D eigenvalue weighted by molar-refractivity contribution is 0.0538. The van der Waals surface area contributed by atoms with Crippen molar-refractivity contribution in [3.8, 4) is 0 Å². The molecule has 17 heavy (non-hydrogen) atoms. The van der Waals surface area contributed by atoms with Crippen molar-refractivity contribution < 1.29 is 21.6 Å². The van der Waals surface area contributed by atoms with E-state index in [4.69, 9.17) is 4.74 Å². The Labute approximate surface area is 104 Å². The molecule has 1 unspecified atom stereocenters. The van der Waals surface area contributed by atoms with Crippen molar-refractivity contribution in [3.05, 3.63) is 0 Å². The Kier molecular flexibility index (Phi) is 6.06. The van der Waals surface area contributed by atoms with Crippen molar-refractivity contribution in [1.82, 2.24) is 4.31 Å². The van der Waals surface area contributed by atoms with Gasteiger partial charge in [-0.25, -0.2) is 16.8 Å². The predicted molar refractivity (Wildman–Crippen MR) is 67.2 cm³/mol. The standard InChI is InChI=1S/C9H21NO5S2/c1-8(2)15-6-9(7-16(4,11)12)10(3)17(5,13)14/h8-9H,6-7H2,1-5H3. The molecule has 0 fully saturated rings. The molecule has 0 amide bonds.